The van der Waals surface area contributed by atoms with Gasteiger partial charge in [-0.25, -0.2) is 14.6 Å². The largest absolute Gasteiger partial charge is 0.225 e. The Balaban J connectivity index is 1.89. The number of halogens is 1. The quantitative estimate of drug-likeness (QED) is 0.517. The first-order chi connectivity index (χ1) is 10.7. The minimum absolute atomic E-state index is 0.824. The van der Waals surface area contributed by atoms with E-state index in [9.17, 15) is 0 Å². The van der Waals surface area contributed by atoms with Gasteiger partial charge in [-0.1, -0.05) is 28.1 Å². The first-order valence-electron chi connectivity index (χ1n) is 6.73. The SMILES string of the molecule is Cc1cc(-c2cccc(Br)c2)nn1-c1ncnc2sccc12. The number of aromatic nitrogens is 4. The van der Waals surface area contributed by atoms with Crippen LogP contribution in [-0.2, 0) is 0 Å². The number of benzene rings is 1. The maximum Gasteiger partial charge on any atom is 0.165 e. The van der Waals surface area contributed by atoms with Gasteiger partial charge in [-0.05, 0) is 36.6 Å². The van der Waals surface area contributed by atoms with Crippen molar-refractivity contribution in [3.8, 4) is 17.1 Å². The lowest BCUT2D eigenvalue weighted by Crippen LogP contribution is -2.02. The summed E-state index contributed by atoms with van der Waals surface area (Å²) in [5.74, 6) is 0.824. The van der Waals surface area contributed by atoms with Crippen molar-refractivity contribution in [1.29, 1.82) is 0 Å². The second-order valence-corrected chi connectivity index (χ2v) is 6.74. The molecule has 0 spiro atoms. The summed E-state index contributed by atoms with van der Waals surface area (Å²) < 4.78 is 2.92. The van der Waals surface area contributed by atoms with E-state index in [0.717, 1.165) is 37.5 Å². The molecule has 4 aromatic rings. The summed E-state index contributed by atoms with van der Waals surface area (Å²) in [7, 11) is 0. The van der Waals surface area contributed by atoms with E-state index in [-0.39, 0.29) is 0 Å². The van der Waals surface area contributed by atoms with Crippen LogP contribution in [0.4, 0.5) is 0 Å². The topological polar surface area (TPSA) is 43.6 Å². The standard InChI is InChI=1S/C16H11BrN4S/c1-10-7-14(11-3-2-4-12(17)8-11)20-21(10)15-13-5-6-22-16(13)19-9-18-15/h2-9H,1H3. The molecular formula is C16H11BrN4S. The highest BCUT2D eigenvalue weighted by Crippen LogP contribution is 2.27. The first kappa shape index (κ1) is 13.6. The Morgan fingerprint density at radius 3 is 2.91 bits per heavy atom. The van der Waals surface area contributed by atoms with Crippen molar-refractivity contribution in [3.05, 3.63) is 58.3 Å². The zero-order valence-corrected chi connectivity index (χ0v) is 14.1. The average Bonchev–Trinajstić information content (AvgIpc) is 3.13. The van der Waals surface area contributed by atoms with Gasteiger partial charge in [0.1, 0.15) is 11.2 Å². The minimum atomic E-state index is 0.824. The number of hydrogen-bond donors (Lipinski definition) is 0. The lowest BCUT2D eigenvalue weighted by molar-refractivity contribution is 0.825. The van der Waals surface area contributed by atoms with E-state index in [2.05, 4.69) is 44.1 Å². The van der Waals surface area contributed by atoms with E-state index in [0.29, 0.717) is 0 Å². The molecule has 0 atom stereocenters. The Kier molecular flexibility index (Phi) is 3.28. The van der Waals surface area contributed by atoms with E-state index in [1.54, 1.807) is 17.7 Å². The monoisotopic (exact) mass is 370 g/mol. The molecule has 4 rings (SSSR count). The van der Waals surface area contributed by atoms with Crippen LogP contribution in [0.1, 0.15) is 5.69 Å². The third-order valence-corrected chi connectivity index (χ3v) is 4.76. The number of rotatable bonds is 2. The fourth-order valence-electron chi connectivity index (χ4n) is 2.42. The molecule has 22 heavy (non-hydrogen) atoms. The van der Waals surface area contributed by atoms with E-state index < -0.39 is 0 Å². The van der Waals surface area contributed by atoms with E-state index in [1.807, 2.05) is 35.2 Å². The Hall–Kier alpha value is -2.05. The van der Waals surface area contributed by atoms with Crippen molar-refractivity contribution in [1.82, 2.24) is 19.7 Å². The Bertz CT molecular complexity index is 973. The van der Waals surface area contributed by atoms with Crippen LogP contribution < -0.4 is 0 Å². The summed E-state index contributed by atoms with van der Waals surface area (Å²) in [6, 6.07) is 12.2. The Morgan fingerprint density at radius 1 is 1.14 bits per heavy atom. The maximum atomic E-state index is 4.73. The number of nitrogens with zero attached hydrogens (tertiary/aromatic N) is 4. The number of hydrogen-bond acceptors (Lipinski definition) is 4. The van der Waals surface area contributed by atoms with E-state index in [1.165, 1.54) is 0 Å². The third-order valence-electron chi connectivity index (χ3n) is 3.45. The summed E-state index contributed by atoms with van der Waals surface area (Å²) in [5, 5.41) is 7.78. The molecule has 0 N–H and O–H groups in total. The molecular weight excluding hydrogens is 360 g/mol. The van der Waals surface area contributed by atoms with Crippen LogP contribution in [0.3, 0.4) is 0 Å². The molecule has 4 nitrogen and oxygen atoms in total. The second-order valence-electron chi connectivity index (χ2n) is 4.93. The molecule has 0 aliphatic carbocycles. The fraction of sp³-hybridized carbons (Fsp3) is 0.0625. The van der Waals surface area contributed by atoms with Gasteiger partial charge < -0.3 is 0 Å². The van der Waals surface area contributed by atoms with E-state index >= 15 is 0 Å². The molecule has 0 aliphatic rings. The zero-order chi connectivity index (χ0) is 15.1. The zero-order valence-electron chi connectivity index (χ0n) is 11.7. The number of fused-ring (bicyclic) bond motifs is 1. The van der Waals surface area contributed by atoms with Gasteiger partial charge in [0.25, 0.3) is 0 Å². The summed E-state index contributed by atoms with van der Waals surface area (Å²) in [5.41, 5.74) is 3.05. The number of aryl methyl sites for hydroxylation is 1. The van der Waals surface area contributed by atoms with Gasteiger partial charge in [-0.2, -0.15) is 5.10 Å². The molecule has 3 heterocycles. The number of thiophene rings is 1. The highest BCUT2D eigenvalue weighted by Gasteiger charge is 2.13. The molecule has 0 saturated carbocycles. The summed E-state index contributed by atoms with van der Waals surface area (Å²) in [6.45, 7) is 2.04. The molecule has 0 bridgehead atoms. The van der Waals surface area contributed by atoms with Crippen LogP contribution >= 0.6 is 27.3 Å². The Morgan fingerprint density at radius 2 is 2.05 bits per heavy atom. The van der Waals surface area contributed by atoms with Crippen molar-refractivity contribution in [2.24, 2.45) is 0 Å². The first-order valence-corrected chi connectivity index (χ1v) is 8.41. The molecule has 0 aliphatic heterocycles. The molecule has 0 amide bonds. The Labute approximate surface area is 139 Å². The lowest BCUT2D eigenvalue weighted by atomic mass is 10.1. The van der Waals surface area contributed by atoms with Crippen LogP contribution in [0.25, 0.3) is 27.3 Å². The minimum Gasteiger partial charge on any atom is -0.225 e. The molecule has 3 aromatic heterocycles. The van der Waals surface area contributed by atoms with Gasteiger partial charge in [0.2, 0.25) is 0 Å². The smallest absolute Gasteiger partial charge is 0.165 e. The van der Waals surface area contributed by atoms with Crippen LogP contribution in [-0.4, -0.2) is 19.7 Å². The second kappa shape index (κ2) is 5.30. The molecule has 0 unspecified atom stereocenters. The van der Waals surface area contributed by atoms with Gasteiger partial charge in [-0.15, -0.1) is 11.3 Å². The highest BCUT2D eigenvalue weighted by atomic mass is 79.9. The van der Waals surface area contributed by atoms with Gasteiger partial charge in [0.15, 0.2) is 5.82 Å². The summed E-state index contributed by atoms with van der Waals surface area (Å²) >= 11 is 5.11. The molecule has 6 heteroatoms. The molecule has 1 aromatic carbocycles. The van der Waals surface area contributed by atoms with E-state index in [4.69, 9.17) is 5.10 Å². The van der Waals surface area contributed by atoms with Gasteiger partial charge in [-0.3, -0.25) is 0 Å². The van der Waals surface area contributed by atoms with Crippen molar-refractivity contribution in [3.63, 3.8) is 0 Å². The molecule has 0 radical (unpaired) electrons. The summed E-state index contributed by atoms with van der Waals surface area (Å²) in [4.78, 5) is 9.69. The van der Waals surface area contributed by atoms with Crippen LogP contribution in [0.15, 0.2) is 52.6 Å². The average molecular weight is 371 g/mol. The fourth-order valence-corrected chi connectivity index (χ4v) is 3.55. The summed E-state index contributed by atoms with van der Waals surface area (Å²) in [6.07, 6.45) is 1.59. The third kappa shape index (κ3) is 2.24. The van der Waals surface area contributed by atoms with Crippen LogP contribution in [0.2, 0.25) is 0 Å². The highest BCUT2D eigenvalue weighted by molar-refractivity contribution is 9.10. The van der Waals surface area contributed by atoms with Crippen LogP contribution in [0.5, 0.6) is 0 Å². The molecule has 108 valence electrons. The predicted molar refractivity (Wildman–Crippen MR) is 92.4 cm³/mol. The van der Waals surface area contributed by atoms with Crippen molar-refractivity contribution >= 4 is 37.5 Å². The molecule has 0 fully saturated rings. The molecule has 0 saturated heterocycles. The van der Waals surface area contributed by atoms with Crippen molar-refractivity contribution < 1.29 is 0 Å². The normalized spacial score (nSPS) is 11.2. The maximum absolute atomic E-state index is 4.73. The van der Waals surface area contributed by atoms with Crippen LogP contribution in [0, 0.1) is 6.92 Å². The van der Waals surface area contributed by atoms with Gasteiger partial charge in [0.05, 0.1) is 11.1 Å². The lowest BCUT2D eigenvalue weighted by Gasteiger charge is -2.04. The van der Waals surface area contributed by atoms with Crippen molar-refractivity contribution in [2.45, 2.75) is 6.92 Å². The predicted octanol–water partition coefficient (Wildman–Crippen LogP) is 4.61. The van der Waals surface area contributed by atoms with Crippen molar-refractivity contribution in [2.75, 3.05) is 0 Å². The van der Waals surface area contributed by atoms with Gasteiger partial charge >= 0.3 is 0 Å². The van der Waals surface area contributed by atoms with Gasteiger partial charge in [0, 0.05) is 15.7 Å².